The van der Waals surface area contributed by atoms with E-state index in [2.05, 4.69) is 25.8 Å². The Morgan fingerprint density at radius 2 is 2.06 bits per heavy atom. The quantitative estimate of drug-likeness (QED) is 0.495. The summed E-state index contributed by atoms with van der Waals surface area (Å²) in [5, 5.41) is 13.8. The third-order valence-corrected chi connectivity index (χ3v) is 5.39. The molecular formula is C21H18ClF4N5O3. The van der Waals surface area contributed by atoms with Crippen molar-refractivity contribution in [2.75, 3.05) is 13.2 Å². The van der Waals surface area contributed by atoms with Crippen LogP contribution in [0.5, 0.6) is 5.75 Å². The van der Waals surface area contributed by atoms with Crippen molar-refractivity contribution in [2.45, 2.75) is 31.1 Å². The number of nitrogens with zero attached hydrogens (tertiary/aromatic N) is 3. The summed E-state index contributed by atoms with van der Waals surface area (Å²) in [5.74, 6) is -0.470. The maximum Gasteiger partial charge on any atom is 0.433 e. The third kappa shape index (κ3) is 5.81. The first kappa shape index (κ1) is 23.9. The summed E-state index contributed by atoms with van der Waals surface area (Å²) in [6, 6.07) is 5.52. The van der Waals surface area contributed by atoms with E-state index in [0.717, 1.165) is 18.3 Å². The first-order valence-electron chi connectivity index (χ1n) is 10.2. The molecule has 0 aliphatic carbocycles. The number of nitrogens with one attached hydrogen (secondary N) is 2. The van der Waals surface area contributed by atoms with Crippen LogP contribution < -0.4 is 15.4 Å². The Hall–Kier alpha value is -3.25. The topological polar surface area (TPSA) is 102 Å². The first-order valence-corrected chi connectivity index (χ1v) is 10.5. The molecule has 34 heavy (non-hydrogen) atoms. The van der Waals surface area contributed by atoms with Crippen molar-refractivity contribution in [1.29, 1.82) is 0 Å². The van der Waals surface area contributed by atoms with Crippen LogP contribution in [0.1, 0.15) is 30.5 Å². The standard InChI is InChI=1S/C21H18ClF4N5O3/c22-14-4-3-13(7-15(14)23)33-10-18(32)29-12-2-5-16(27-9-12)20-31-30-19(34-20)11-1-6-17(28-8-11)21(24,25)26/h1,3-4,6-8,12,16,27H,2,5,9-10H2,(H,29,32)/t12-,16+/m0/s1. The number of alkyl halides is 3. The predicted molar refractivity (Wildman–Crippen MR) is 111 cm³/mol. The van der Waals surface area contributed by atoms with E-state index in [9.17, 15) is 22.4 Å². The summed E-state index contributed by atoms with van der Waals surface area (Å²) < 4.78 is 62.3. The molecule has 1 amide bonds. The van der Waals surface area contributed by atoms with Gasteiger partial charge in [-0.2, -0.15) is 13.2 Å². The van der Waals surface area contributed by atoms with Crippen molar-refractivity contribution >= 4 is 17.5 Å². The van der Waals surface area contributed by atoms with Crippen LogP contribution >= 0.6 is 11.6 Å². The Balaban J connectivity index is 1.26. The SMILES string of the molecule is O=C(COc1ccc(Cl)c(F)c1)N[C@H]1CC[C@H](c2nnc(-c3ccc(C(F)(F)F)nc3)o2)NC1. The van der Waals surface area contributed by atoms with E-state index < -0.39 is 17.7 Å². The molecule has 1 aliphatic heterocycles. The van der Waals surface area contributed by atoms with Crippen LogP contribution in [0.25, 0.3) is 11.5 Å². The molecule has 2 N–H and O–H groups in total. The van der Waals surface area contributed by atoms with E-state index in [4.69, 9.17) is 20.8 Å². The Kier molecular flexibility index (Phi) is 6.98. The van der Waals surface area contributed by atoms with Crippen LogP contribution in [0.2, 0.25) is 5.02 Å². The molecule has 4 rings (SSSR count). The van der Waals surface area contributed by atoms with Crippen LogP contribution in [0.15, 0.2) is 40.9 Å². The fourth-order valence-electron chi connectivity index (χ4n) is 3.36. The van der Waals surface area contributed by atoms with Crippen molar-refractivity contribution in [3.63, 3.8) is 0 Å². The Morgan fingerprint density at radius 3 is 2.71 bits per heavy atom. The Bertz CT molecular complexity index is 1150. The van der Waals surface area contributed by atoms with Gasteiger partial charge < -0.3 is 19.8 Å². The number of benzene rings is 1. The number of piperidine rings is 1. The minimum Gasteiger partial charge on any atom is -0.484 e. The lowest BCUT2D eigenvalue weighted by Gasteiger charge is -2.28. The van der Waals surface area contributed by atoms with Crippen molar-refractivity contribution < 1.29 is 31.5 Å². The minimum absolute atomic E-state index is 0.0379. The lowest BCUT2D eigenvalue weighted by atomic mass is 10.0. The molecule has 0 saturated carbocycles. The molecule has 13 heteroatoms. The molecule has 2 atom stereocenters. The average Bonchev–Trinajstić information content (AvgIpc) is 3.30. The largest absolute Gasteiger partial charge is 0.484 e. The molecule has 0 spiro atoms. The van der Waals surface area contributed by atoms with E-state index >= 15 is 0 Å². The van der Waals surface area contributed by atoms with Crippen LogP contribution in [-0.4, -0.2) is 40.3 Å². The molecule has 2 aromatic heterocycles. The summed E-state index contributed by atoms with van der Waals surface area (Å²) >= 11 is 5.61. The van der Waals surface area contributed by atoms with Gasteiger partial charge in [0.25, 0.3) is 5.91 Å². The molecule has 3 aromatic rings. The van der Waals surface area contributed by atoms with E-state index in [1.54, 1.807) is 0 Å². The second-order valence-corrected chi connectivity index (χ2v) is 7.95. The molecule has 0 bridgehead atoms. The number of halogens is 5. The van der Waals surface area contributed by atoms with Gasteiger partial charge in [-0.3, -0.25) is 9.78 Å². The van der Waals surface area contributed by atoms with Gasteiger partial charge in [0.1, 0.15) is 17.3 Å². The zero-order valence-electron chi connectivity index (χ0n) is 17.4. The Labute approximate surface area is 195 Å². The molecule has 180 valence electrons. The van der Waals surface area contributed by atoms with Gasteiger partial charge in [-0.1, -0.05) is 11.6 Å². The molecule has 1 aromatic carbocycles. The number of amides is 1. The number of pyridine rings is 1. The van der Waals surface area contributed by atoms with Crippen molar-refractivity contribution in [1.82, 2.24) is 25.8 Å². The summed E-state index contributed by atoms with van der Waals surface area (Å²) in [5.41, 5.74) is -0.739. The van der Waals surface area contributed by atoms with Gasteiger partial charge in [-0.05, 0) is 37.1 Å². The number of carbonyl (C=O) groups is 1. The number of hydrogen-bond donors (Lipinski definition) is 2. The van der Waals surface area contributed by atoms with E-state index in [0.29, 0.717) is 19.4 Å². The van der Waals surface area contributed by atoms with Gasteiger partial charge in [-0.25, -0.2) is 4.39 Å². The fraction of sp³-hybridized carbons (Fsp3) is 0.333. The lowest BCUT2D eigenvalue weighted by Crippen LogP contribution is -2.48. The summed E-state index contributed by atoms with van der Waals surface area (Å²) in [6.07, 6.45) is -2.32. The Morgan fingerprint density at radius 1 is 1.24 bits per heavy atom. The first-order chi connectivity index (χ1) is 16.2. The van der Waals surface area contributed by atoms with Crippen LogP contribution in [-0.2, 0) is 11.0 Å². The lowest BCUT2D eigenvalue weighted by molar-refractivity contribution is -0.141. The molecule has 0 unspecified atom stereocenters. The number of carbonyl (C=O) groups excluding carboxylic acids is 1. The van der Waals surface area contributed by atoms with Crippen molar-refractivity contribution in [3.8, 4) is 17.2 Å². The molecule has 3 heterocycles. The van der Waals surface area contributed by atoms with Gasteiger partial charge in [0.2, 0.25) is 11.8 Å². The van der Waals surface area contributed by atoms with Crippen LogP contribution in [0.4, 0.5) is 17.6 Å². The summed E-state index contributed by atoms with van der Waals surface area (Å²) in [7, 11) is 0. The highest BCUT2D eigenvalue weighted by Crippen LogP contribution is 2.30. The summed E-state index contributed by atoms with van der Waals surface area (Å²) in [4.78, 5) is 15.5. The molecule has 1 aliphatic rings. The average molecular weight is 500 g/mol. The van der Waals surface area contributed by atoms with Gasteiger partial charge in [0.15, 0.2) is 6.61 Å². The second-order valence-electron chi connectivity index (χ2n) is 7.54. The van der Waals surface area contributed by atoms with Crippen molar-refractivity contribution in [2.24, 2.45) is 0 Å². The minimum atomic E-state index is -4.53. The zero-order valence-corrected chi connectivity index (χ0v) is 18.2. The number of hydrogen-bond acceptors (Lipinski definition) is 7. The highest BCUT2D eigenvalue weighted by atomic mass is 35.5. The monoisotopic (exact) mass is 499 g/mol. The van der Waals surface area contributed by atoms with E-state index in [1.807, 2.05) is 0 Å². The van der Waals surface area contributed by atoms with Gasteiger partial charge in [0, 0.05) is 24.8 Å². The second kappa shape index (κ2) is 9.94. The third-order valence-electron chi connectivity index (χ3n) is 5.08. The maximum atomic E-state index is 13.4. The highest BCUT2D eigenvalue weighted by molar-refractivity contribution is 6.30. The molecule has 8 nitrogen and oxygen atoms in total. The number of ether oxygens (including phenoxy) is 1. The van der Waals surface area contributed by atoms with Crippen LogP contribution in [0, 0.1) is 5.82 Å². The van der Waals surface area contributed by atoms with Gasteiger partial charge >= 0.3 is 6.18 Å². The van der Waals surface area contributed by atoms with Gasteiger partial charge in [0.05, 0.1) is 16.6 Å². The van der Waals surface area contributed by atoms with Gasteiger partial charge in [-0.15, -0.1) is 10.2 Å². The zero-order chi connectivity index (χ0) is 24.3. The van der Waals surface area contributed by atoms with Crippen LogP contribution in [0.3, 0.4) is 0 Å². The molecule has 1 saturated heterocycles. The summed E-state index contributed by atoms with van der Waals surface area (Å²) in [6.45, 7) is 0.140. The normalized spacial score (nSPS) is 18.5. The van der Waals surface area contributed by atoms with E-state index in [1.165, 1.54) is 18.2 Å². The predicted octanol–water partition coefficient (Wildman–Crippen LogP) is 3.93. The smallest absolute Gasteiger partial charge is 0.433 e. The molecule has 1 fully saturated rings. The fourth-order valence-corrected chi connectivity index (χ4v) is 3.47. The number of aromatic nitrogens is 3. The highest BCUT2D eigenvalue weighted by Gasteiger charge is 2.32. The van der Waals surface area contributed by atoms with Crippen molar-refractivity contribution in [3.05, 3.63) is 59.0 Å². The molecule has 0 radical (unpaired) electrons. The maximum absolute atomic E-state index is 13.4. The molecular weight excluding hydrogens is 482 g/mol. The van der Waals surface area contributed by atoms with E-state index in [-0.39, 0.29) is 52.7 Å². The number of rotatable bonds is 6.